The fourth-order valence-corrected chi connectivity index (χ4v) is 2.03. The highest BCUT2D eigenvalue weighted by molar-refractivity contribution is 6.34. The van der Waals surface area contributed by atoms with E-state index in [4.69, 9.17) is 28.9 Å². The summed E-state index contributed by atoms with van der Waals surface area (Å²) in [6.07, 6.45) is 0.739. The van der Waals surface area contributed by atoms with Crippen LogP contribution in [0.4, 0.5) is 5.82 Å². The highest BCUT2D eigenvalue weighted by Crippen LogP contribution is 2.23. The molecule has 2 rings (SSSR count). The first-order valence-corrected chi connectivity index (χ1v) is 5.54. The van der Waals surface area contributed by atoms with Crippen LogP contribution in [0.25, 0.3) is 5.69 Å². The van der Waals surface area contributed by atoms with Gasteiger partial charge in [-0.1, -0.05) is 35.3 Å². The van der Waals surface area contributed by atoms with Crippen molar-refractivity contribution in [3.8, 4) is 5.69 Å². The molecule has 0 saturated carbocycles. The smallest absolute Gasteiger partial charge is 0.169 e. The number of nitrogens with zero attached hydrogens (tertiary/aromatic N) is 3. The molecule has 0 aliphatic carbocycles. The molecule has 6 heteroatoms. The Labute approximate surface area is 103 Å². The molecule has 1 aromatic heterocycles. The second kappa shape index (κ2) is 4.31. The van der Waals surface area contributed by atoms with Crippen molar-refractivity contribution in [3.05, 3.63) is 33.9 Å². The van der Waals surface area contributed by atoms with Crippen LogP contribution >= 0.6 is 23.2 Å². The summed E-state index contributed by atoms with van der Waals surface area (Å²) in [7, 11) is 0. The van der Waals surface area contributed by atoms with E-state index >= 15 is 0 Å². The topological polar surface area (TPSA) is 56.7 Å². The Bertz CT molecular complexity index is 501. The number of aromatic nitrogens is 3. The van der Waals surface area contributed by atoms with E-state index in [2.05, 4.69) is 10.3 Å². The predicted molar refractivity (Wildman–Crippen MR) is 65.2 cm³/mol. The van der Waals surface area contributed by atoms with Crippen molar-refractivity contribution in [2.45, 2.75) is 13.3 Å². The number of benzene rings is 1. The zero-order chi connectivity index (χ0) is 11.7. The Hall–Kier alpha value is -1.26. The van der Waals surface area contributed by atoms with Crippen molar-refractivity contribution in [1.82, 2.24) is 15.0 Å². The first kappa shape index (κ1) is 11.2. The van der Waals surface area contributed by atoms with Crippen LogP contribution in [0.5, 0.6) is 0 Å². The molecular formula is C10H10Cl2N4. The predicted octanol–water partition coefficient (Wildman–Crippen LogP) is 2.72. The summed E-state index contributed by atoms with van der Waals surface area (Å²) in [5.74, 6) is 0.429. The zero-order valence-electron chi connectivity index (χ0n) is 8.61. The number of halogens is 2. The van der Waals surface area contributed by atoms with Gasteiger partial charge in [0.2, 0.25) is 0 Å². The lowest BCUT2D eigenvalue weighted by Crippen LogP contribution is -2.02. The first-order chi connectivity index (χ1) is 7.61. The lowest BCUT2D eigenvalue weighted by atomic mass is 10.3. The van der Waals surface area contributed by atoms with Crippen molar-refractivity contribution >= 4 is 29.0 Å². The van der Waals surface area contributed by atoms with Crippen LogP contribution in [-0.4, -0.2) is 15.0 Å². The van der Waals surface area contributed by atoms with E-state index in [9.17, 15) is 0 Å². The summed E-state index contributed by atoms with van der Waals surface area (Å²) in [4.78, 5) is 0. The fourth-order valence-electron chi connectivity index (χ4n) is 1.51. The Morgan fingerprint density at radius 3 is 2.44 bits per heavy atom. The maximum Gasteiger partial charge on any atom is 0.169 e. The second-order valence-electron chi connectivity index (χ2n) is 3.31. The van der Waals surface area contributed by atoms with Gasteiger partial charge in [-0.2, -0.15) is 0 Å². The van der Waals surface area contributed by atoms with Crippen molar-refractivity contribution in [3.63, 3.8) is 0 Å². The van der Waals surface area contributed by atoms with Crippen LogP contribution in [0, 0.1) is 0 Å². The molecule has 0 fully saturated rings. The Kier molecular flexibility index (Phi) is 3.03. The van der Waals surface area contributed by atoms with Gasteiger partial charge in [-0.3, -0.25) is 0 Å². The Morgan fingerprint density at radius 1 is 1.25 bits per heavy atom. The third-order valence-electron chi connectivity index (χ3n) is 2.22. The standard InChI is InChI=1S/C10H10Cl2N4/c1-2-9-10(13)14-15-16(9)8-4-6(11)3-7(12)5-8/h3-5H,2,13H2,1H3. The van der Waals surface area contributed by atoms with E-state index in [1.165, 1.54) is 0 Å². The van der Waals surface area contributed by atoms with Crippen LogP contribution in [-0.2, 0) is 6.42 Å². The summed E-state index contributed by atoms with van der Waals surface area (Å²) in [6.45, 7) is 1.98. The van der Waals surface area contributed by atoms with E-state index in [-0.39, 0.29) is 0 Å². The molecule has 0 unspecified atom stereocenters. The molecule has 16 heavy (non-hydrogen) atoms. The molecule has 0 aliphatic heterocycles. The average molecular weight is 257 g/mol. The van der Waals surface area contributed by atoms with Gasteiger partial charge in [0.25, 0.3) is 0 Å². The number of hydrogen-bond acceptors (Lipinski definition) is 3. The van der Waals surface area contributed by atoms with Gasteiger partial charge < -0.3 is 5.73 Å². The second-order valence-corrected chi connectivity index (χ2v) is 4.19. The number of hydrogen-bond donors (Lipinski definition) is 1. The van der Waals surface area contributed by atoms with Gasteiger partial charge >= 0.3 is 0 Å². The van der Waals surface area contributed by atoms with E-state index in [1.54, 1.807) is 22.9 Å². The maximum atomic E-state index is 5.93. The van der Waals surface area contributed by atoms with Gasteiger partial charge in [0.1, 0.15) is 0 Å². The molecule has 84 valence electrons. The molecular weight excluding hydrogens is 247 g/mol. The first-order valence-electron chi connectivity index (χ1n) is 4.78. The third kappa shape index (κ3) is 1.99. The number of anilines is 1. The molecule has 0 saturated heterocycles. The molecule has 2 N–H and O–H groups in total. The molecule has 0 atom stereocenters. The monoisotopic (exact) mass is 256 g/mol. The van der Waals surface area contributed by atoms with Crippen molar-refractivity contribution in [2.24, 2.45) is 0 Å². The Balaban J connectivity index is 2.58. The van der Waals surface area contributed by atoms with Crippen LogP contribution in [0.15, 0.2) is 18.2 Å². The normalized spacial score (nSPS) is 10.7. The summed E-state index contributed by atoms with van der Waals surface area (Å²) in [5, 5.41) is 8.90. The van der Waals surface area contributed by atoms with E-state index in [0.29, 0.717) is 15.9 Å². The minimum atomic E-state index is 0.429. The largest absolute Gasteiger partial charge is 0.381 e. The quantitative estimate of drug-likeness (QED) is 0.899. The number of nitrogens with two attached hydrogens (primary N) is 1. The van der Waals surface area contributed by atoms with Crippen LogP contribution in [0.2, 0.25) is 10.0 Å². The molecule has 0 radical (unpaired) electrons. The molecule has 4 nitrogen and oxygen atoms in total. The van der Waals surface area contributed by atoms with Gasteiger partial charge in [-0.15, -0.1) is 5.10 Å². The maximum absolute atomic E-state index is 5.93. The van der Waals surface area contributed by atoms with Crippen LogP contribution in [0.3, 0.4) is 0 Å². The summed E-state index contributed by atoms with van der Waals surface area (Å²) >= 11 is 11.9. The molecule has 0 aliphatic rings. The third-order valence-corrected chi connectivity index (χ3v) is 2.66. The number of nitrogen functional groups attached to an aromatic ring is 1. The minimum Gasteiger partial charge on any atom is -0.381 e. The average Bonchev–Trinajstić information content (AvgIpc) is 2.58. The van der Waals surface area contributed by atoms with Crippen molar-refractivity contribution in [2.75, 3.05) is 5.73 Å². The van der Waals surface area contributed by atoms with E-state index < -0.39 is 0 Å². The van der Waals surface area contributed by atoms with E-state index in [1.807, 2.05) is 6.92 Å². The molecule has 0 amide bonds. The van der Waals surface area contributed by atoms with Crippen molar-refractivity contribution < 1.29 is 0 Å². The van der Waals surface area contributed by atoms with Crippen LogP contribution < -0.4 is 5.73 Å². The molecule has 1 aromatic carbocycles. The van der Waals surface area contributed by atoms with Gasteiger partial charge in [0.15, 0.2) is 5.82 Å². The molecule has 2 aromatic rings. The highest BCUT2D eigenvalue weighted by Gasteiger charge is 2.10. The zero-order valence-corrected chi connectivity index (χ0v) is 10.1. The summed E-state index contributed by atoms with van der Waals surface area (Å²) in [6, 6.07) is 5.19. The molecule has 1 heterocycles. The lowest BCUT2D eigenvalue weighted by molar-refractivity contribution is 0.767. The summed E-state index contributed by atoms with van der Waals surface area (Å²) < 4.78 is 1.65. The van der Waals surface area contributed by atoms with Gasteiger partial charge in [0, 0.05) is 10.0 Å². The van der Waals surface area contributed by atoms with Gasteiger partial charge in [-0.05, 0) is 24.6 Å². The lowest BCUT2D eigenvalue weighted by Gasteiger charge is -2.05. The van der Waals surface area contributed by atoms with Gasteiger partial charge in [-0.25, -0.2) is 4.68 Å². The molecule has 0 spiro atoms. The van der Waals surface area contributed by atoms with E-state index in [0.717, 1.165) is 17.8 Å². The van der Waals surface area contributed by atoms with Crippen molar-refractivity contribution in [1.29, 1.82) is 0 Å². The SMILES string of the molecule is CCc1c(N)nnn1-c1cc(Cl)cc(Cl)c1. The number of rotatable bonds is 2. The summed E-state index contributed by atoms with van der Waals surface area (Å²) in [5.41, 5.74) is 7.31. The van der Waals surface area contributed by atoms with Crippen LogP contribution in [0.1, 0.15) is 12.6 Å². The minimum absolute atomic E-state index is 0.429. The van der Waals surface area contributed by atoms with Gasteiger partial charge in [0.05, 0.1) is 11.4 Å². The molecule has 0 bridgehead atoms. The Morgan fingerprint density at radius 2 is 1.88 bits per heavy atom. The highest BCUT2D eigenvalue weighted by atomic mass is 35.5. The fraction of sp³-hybridized carbons (Fsp3) is 0.200.